The van der Waals surface area contributed by atoms with Crippen LogP contribution in [0.3, 0.4) is 0 Å². The van der Waals surface area contributed by atoms with E-state index < -0.39 is 0 Å². The van der Waals surface area contributed by atoms with Crippen molar-refractivity contribution in [3.8, 4) is 5.75 Å². The molecule has 0 saturated carbocycles. The maximum atomic E-state index is 13.3. The van der Waals surface area contributed by atoms with Crippen molar-refractivity contribution in [2.24, 2.45) is 0 Å². The molecule has 1 fully saturated rings. The van der Waals surface area contributed by atoms with E-state index in [-0.39, 0.29) is 23.8 Å². The minimum atomic E-state index is -0.113. The first-order chi connectivity index (χ1) is 18.6. The van der Waals surface area contributed by atoms with Gasteiger partial charge in [-0.15, -0.1) is 11.3 Å². The predicted octanol–water partition coefficient (Wildman–Crippen LogP) is 5.53. The molecule has 1 saturated heterocycles. The summed E-state index contributed by atoms with van der Waals surface area (Å²) in [6, 6.07) is 17.8. The van der Waals surface area contributed by atoms with Gasteiger partial charge in [-0.3, -0.25) is 9.59 Å². The summed E-state index contributed by atoms with van der Waals surface area (Å²) in [7, 11) is 1.61. The SMILES string of the molecule is COc1cc(C(=O)N2CCC(c3nc(C(=O)NC4CCCc5ccccc54)cs3)CC2)nc2ccccc12. The maximum absolute atomic E-state index is 13.3. The Kier molecular flexibility index (Phi) is 6.81. The Balaban J connectivity index is 1.09. The van der Waals surface area contributed by atoms with Gasteiger partial charge in [-0.05, 0) is 55.4 Å². The number of aryl methyl sites for hydroxylation is 1. The second-order valence-electron chi connectivity index (χ2n) is 9.98. The Bertz CT molecular complexity index is 1490. The Morgan fingerprint density at radius 2 is 1.79 bits per heavy atom. The summed E-state index contributed by atoms with van der Waals surface area (Å²) in [5.74, 6) is 0.692. The van der Waals surface area contributed by atoms with Crippen LogP contribution in [0, 0.1) is 0 Å². The molecule has 2 amide bonds. The van der Waals surface area contributed by atoms with Crippen molar-refractivity contribution in [2.45, 2.75) is 44.1 Å². The van der Waals surface area contributed by atoms with E-state index in [1.807, 2.05) is 40.6 Å². The van der Waals surface area contributed by atoms with Crippen LogP contribution in [0.4, 0.5) is 0 Å². The van der Waals surface area contributed by atoms with Crippen LogP contribution in [0.15, 0.2) is 60.0 Å². The van der Waals surface area contributed by atoms with E-state index in [9.17, 15) is 9.59 Å². The van der Waals surface area contributed by atoms with Gasteiger partial charge in [0.25, 0.3) is 11.8 Å². The zero-order valence-electron chi connectivity index (χ0n) is 21.4. The highest BCUT2D eigenvalue weighted by Crippen LogP contribution is 2.33. The van der Waals surface area contributed by atoms with Crippen LogP contribution in [0.5, 0.6) is 5.75 Å². The monoisotopic (exact) mass is 526 g/mol. The van der Waals surface area contributed by atoms with Crippen LogP contribution in [-0.2, 0) is 6.42 Å². The molecular formula is C30H30N4O3S. The second kappa shape index (κ2) is 10.5. The lowest BCUT2D eigenvalue weighted by Gasteiger charge is -2.31. The van der Waals surface area contributed by atoms with Crippen molar-refractivity contribution in [3.63, 3.8) is 0 Å². The number of fused-ring (bicyclic) bond motifs is 2. The van der Waals surface area contributed by atoms with Crippen molar-refractivity contribution in [2.75, 3.05) is 20.2 Å². The number of hydrogen-bond donors (Lipinski definition) is 1. The Hall–Kier alpha value is -3.78. The van der Waals surface area contributed by atoms with Gasteiger partial charge in [-0.1, -0.05) is 36.4 Å². The van der Waals surface area contributed by atoms with E-state index in [1.165, 1.54) is 11.1 Å². The fourth-order valence-electron chi connectivity index (χ4n) is 5.63. The lowest BCUT2D eigenvalue weighted by Crippen LogP contribution is -2.38. The molecule has 38 heavy (non-hydrogen) atoms. The standard InChI is InChI=1S/C30H30N4O3S/c1-37-27-17-25(31-24-11-5-4-10-22(24)27)30(36)34-15-13-20(14-16-34)29-33-26(18-38-29)28(35)32-23-12-6-8-19-7-2-3-9-21(19)23/h2-5,7,9-11,17-18,20,23H,6,8,12-16H2,1H3,(H,32,35). The van der Waals surface area contributed by atoms with Crippen molar-refractivity contribution in [1.82, 2.24) is 20.2 Å². The molecule has 2 aromatic heterocycles. The number of nitrogens with zero attached hydrogens (tertiary/aromatic N) is 3. The van der Waals surface area contributed by atoms with Gasteiger partial charge in [0.05, 0.1) is 23.7 Å². The fraction of sp³-hybridized carbons (Fsp3) is 0.333. The molecule has 1 N–H and O–H groups in total. The molecule has 3 heterocycles. The first kappa shape index (κ1) is 24.6. The summed E-state index contributed by atoms with van der Waals surface area (Å²) in [5.41, 5.74) is 4.17. The highest BCUT2D eigenvalue weighted by atomic mass is 32.1. The molecule has 1 aliphatic heterocycles. The number of pyridine rings is 1. The maximum Gasteiger partial charge on any atom is 0.272 e. The molecule has 2 aliphatic rings. The van der Waals surface area contributed by atoms with Crippen LogP contribution in [0.1, 0.15) is 74.8 Å². The number of carbonyl (C=O) groups excluding carboxylic acids is 2. The number of likely N-dealkylation sites (tertiary alicyclic amines) is 1. The molecule has 0 radical (unpaired) electrons. The molecular weight excluding hydrogens is 496 g/mol. The topological polar surface area (TPSA) is 84.4 Å². The average Bonchev–Trinajstić information content (AvgIpc) is 3.47. The lowest BCUT2D eigenvalue weighted by molar-refractivity contribution is 0.0707. The van der Waals surface area contributed by atoms with Crippen molar-refractivity contribution in [1.29, 1.82) is 0 Å². The van der Waals surface area contributed by atoms with Gasteiger partial charge >= 0.3 is 0 Å². The summed E-state index contributed by atoms with van der Waals surface area (Å²) in [6.45, 7) is 1.25. The number of carbonyl (C=O) groups is 2. The number of ether oxygens (including phenoxy) is 1. The molecule has 0 bridgehead atoms. The van der Waals surface area contributed by atoms with Crippen molar-refractivity contribution >= 4 is 34.1 Å². The largest absolute Gasteiger partial charge is 0.496 e. The van der Waals surface area contributed by atoms with Crippen LogP contribution in [-0.4, -0.2) is 46.9 Å². The molecule has 1 aliphatic carbocycles. The average molecular weight is 527 g/mol. The van der Waals surface area contributed by atoms with E-state index in [2.05, 4.69) is 28.5 Å². The van der Waals surface area contributed by atoms with Crippen LogP contribution in [0.25, 0.3) is 10.9 Å². The summed E-state index contributed by atoms with van der Waals surface area (Å²) in [4.78, 5) is 37.5. The van der Waals surface area contributed by atoms with Gasteiger partial charge in [0, 0.05) is 35.8 Å². The van der Waals surface area contributed by atoms with Crippen LogP contribution >= 0.6 is 11.3 Å². The third-order valence-corrected chi connectivity index (χ3v) is 8.69. The van der Waals surface area contributed by atoms with Gasteiger partial charge in [0.2, 0.25) is 0 Å². The van der Waals surface area contributed by atoms with E-state index in [0.717, 1.165) is 48.0 Å². The molecule has 6 rings (SSSR count). The van der Waals surface area contributed by atoms with Gasteiger partial charge in [-0.2, -0.15) is 0 Å². The molecule has 194 valence electrons. The smallest absolute Gasteiger partial charge is 0.272 e. The number of thiazole rings is 1. The number of piperidine rings is 1. The molecule has 1 atom stereocenters. The number of hydrogen-bond acceptors (Lipinski definition) is 6. The number of aromatic nitrogens is 2. The first-order valence-corrected chi connectivity index (χ1v) is 14.1. The van der Waals surface area contributed by atoms with E-state index in [1.54, 1.807) is 24.5 Å². The zero-order valence-corrected chi connectivity index (χ0v) is 22.2. The van der Waals surface area contributed by atoms with E-state index in [4.69, 9.17) is 9.72 Å². The molecule has 0 spiro atoms. The first-order valence-electron chi connectivity index (χ1n) is 13.2. The molecule has 2 aromatic carbocycles. The highest BCUT2D eigenvalue weighted by molar-refractivity contribution is 7.09. The predicted molar refractivity (Wildman–Crippen MR) is 148 cm³/mol. The third-order valence-electron chi connectivity index (χ3n) is 7.68. The van der Waals surface area contributed by atoms with Gasteiger partial charge in [0.15, 0.2) is 0 Å². The van der Waals surface area contributed by atoms with Crippen molar-refractivity contribution in [3.05, 3.63) is 87.5 Å². The third kappa shape index (κ3) is 4.76. The number of methoxy groups -OCH3 is 1. The highest BCUT2D eigenvalue weighted by Gasteiger charge is 2.29. The van der Waals surface area contributed by atoms with E-state index in [0.29, 0.717) is 30.2 Å². The Labute approximate surface area is 225 Å². The number of para-hydroxylation sites is 1. The van der Waals surface area contributed by atoms with E-state index >= 15 is 0 Å². The number of benzene rings is 2. The number of amides is 2. The molecule has 4 aromatic rings. The van der Waals surface area contributed by atoms with Crippen LogP contribution < -0.4 is 10.1 Å². The quantitative estimate of drug-likeness (QED) is 0.370. The normalized spacial score (nSPS) is 17.7. The summed E-state index contributed by atoms with van der Waals surface area (Å²) in [6.07, 6.45) is 4.70. The molecule has 8 heteroatoms. The summed E-state index contributed by atoms with van der Waals surface area (Å²) < 4.78 is 5.52. The Morgan fingerprint density at radius 3 is 2.63 bits per heavy atom. The summed E-state index contributed by atoms with van der Waals surface area (Å²) in [5, 5.41) is 6.93. The zero-order chi connectivity index (χ0) is 26.1. The summed E-state index contributed by atoms with van der Waals surface area (Å²) >= 11 is 1.54. The Morgan fingerprint density at radius 1 is 1.00 bits per heavy atom. The molecule has 1 unspecified atom stereocenters. The van der Waals surface area contributed by atoms with Gasteiger partial charge in [-0.25, -0.2) is 9.97 Å². The van der Waals surface area contributed by atoms with Gasteiger partial charge < -0.3 is 15.0 Å². The lowest BCUT2D eigenvalue weighted by atomic mass is 9.88. The van der Waals surface area contributed by atoms with Crippen LogP contribution in [0.2, 0.25) is 0 Å². The fourth-order valence-corrected chi connectivity index (χ4v) is 6.60. The number of rotatable bonds is 5. The minimum Gasteiger partial charge on any atom is -0.496 e. The second-order valence-corrected chi connectivity index (χ2v) is 10.9. The molecule has 7 nitrogen and oxygen atoms in total. The number of nitrogens with one attached hydrogen (secondary N) is 1. The van der Waals surface area contributed by atoms with Crippen molar-refractivity contribution < 1.29 is 14.3 Å². The minimum absolute atomic E-state index is 0.0363. The van der Waals surface area contributed by atoms with Gasteiger partial charge in [0.1, 0.15) is 17.1 Å².